The third-order valence-corrected chi connectivity index (χ3v) is 3.36. The first-order valence-corrected chi connectivity index (χ1v) is 6.03. The van der Waals surface area contributed by atoms with E-state index >= 15 is 0 Å². The third-order valence-electron chi connectivity index (χ3n) is 3.05. The van der Waals surface area contributed by atoms with Gasteiger partial charge >= 0.3 is 0 Å². The van der Waals surface area contributed by atoms with Crippen LogP contribution in [0.25, 0.3) is 11.4 Å². The Morgan fingerprint density at radius 2 is 1.94 bits per heavy atom. The van der Waals surface area contributed by atoms with Gasteiger partial charge in [0.1, 0.15) is 16.8 Å². The smallest absolute Gasteiger partial charge is 0.164 e. The highest BCUT2D eigenvalue weighted by molar-refractivity contribution is 6.30. The van der Waals surface area contributed by atoms with Gasteiger partial charge < -0.3 is 0 Å². The lowest BCUT2D eigenvalue weighted by molar-refractivity contribution is 0.602. The van der Waals surface area contributed by atoms with Gasteiger partial charge in [-0.25, -0.2) is 18.7 Å². The van der Waals surface area contributed by atoms with Crippen LogP contribution >= 0.6 is 11.6 Å². The van der Waals surface area contributed by atoms with E-state index in [-0.39, 0.29) is 11.4 Å². The molecule has 5 heteroatoms. The monoisotopic (exact) mass is 266 g/mol. The molecule has 92 valence electrons. The zero-order valence-electron chi connectivity index (χ0n) is 9.38. The van der Waals surface area contributed by atoms with Crippen LogP contribution in [0.5, 0.6) is 0 Å². The van der Waals surface area contributed by atoms with E-state index < -0.39 is 11.6 Å². The van der Waals surface area contributed by atoms with Gasteiger partial charge in [0.2, 0.25) is 0 Å². The Balaban J connectivity index is 2.18. The molecule has 0 N–H and O–H groups in total. The van der Waals surface area contributed by atoms with E-state index in [9.17, 15) is 8.78 Å². The van der Waals surface area contributed by atoms with Crippen molar-refractivity contribution in [3.05, 3.63) is 46.2 Å². The fraction of sp³-hybridized carbons (Fsp3) is 0.231. The molecule has 1 aliphatic rings. The summed E-state index contributed by atoms with van der Waals surface area (Å²) in [6.07, 6.45) is 2.63. The summed E-state index contributed by atoms with van der Waals surface area (Å²) in [4.78, 5) is 8.35. The van der Waals surface area contributed by atoms with Gasteiger partial charge in [0.25, 0.3) is 0 Å². The summed E-state index contributed by atoms with van der Waals surface area (Å²) in [5.41, 5.74) is 1.82. The maximum atomic E-state index is 13.6. The number of hydrogen-bond donors (Lipinski definition) is 0. The average molecular weight is 267 g/mol. The summed E-state index contributed by atoms with van der Waals surface area (Å²) in [6, 6.07) is 3.21. The second kappa shape index (κ2) is 4.28. The second-order valence-corrected chi connectivity index (χ2v) is 4.60. The summed E-state index contributed by atoms with van der Waals surface area (Å²) in [5, 5.41) is 0.344. The molecule has 0 saturated heterocycles. The Labute approximate surface area is 108 Å². The molecule has 1 aliphatic carbocycles. The van der Waals surface area contributed by atoms with Crippen LogP contribution in [0.3, 0.4) is 0 Å². The standard InChI is InChI=1S/C13H9ClF2N2/c14-12-8-2-1-3-11(8)17-13(18-12)9-6-7(15)4-5-10(9)16/h4-6H,1-3H2. The van der Waals surface area contributed by atoms with Crippen molar-refractivity contribution in [3.8, 4) is 11.4 Å². The fourth-order valence-electron chi connectivity index (χ4n) is 2.18. The zero-order chi connectivity index (χ0) is 12.7. The number of nitrogens with zero attached hydrogens (tertiary/aromatic N) is 2. The van der Waals surface area contributed by atoms with Gasteiger partial charge in [-0.1, -0.05) is 11.6 Å². The summed E-state index contributed by atoms with van der Waals surface area (Å²) < 4.78 is 26.8. The van der Waals surface area contributed by atoms with Gasteiger partial charge in [-0.2, -0.15) is 0 Å². The first-order chi connectivity index (χ1) is 8.65. The highest BCUT2D eigenvalue weighted by Crippen LogP contribution is 2.29. The Hall–Kier alpha value is -1.55. The van der Waals surface area contributed by atoms with Gasteiger partial charge in [0.05, 0.1) is 5.56 Å². The molecule has 0 spiro atoms. The lowest BCUT2D eigenvalue weighted by atomic mass is 10.2. The Bertz CT molecular complexity index is 629. The molecule has 0 fully saturated rings. The summed E-state index contributed by atoms with van der Waals surface area (Å²) in [6.45, 7) is 0. The maximum Gasteiger partial charge on any atom is 0.164 e. The Morgan fingerprint density at radius 1 is 1.11 bits per heavy atom. The summed E-state index contributed by atoms with van der Waals surface area (Å²) in [5.74, 6) is -0.922. The number of aromatic nitrogens is 2. The summed E-state index contributed by atoms with van der Waals surface area (Å²) >= 11 is 6.05. The van der Waals surface area contributed by atoms with E-state index in [0.717, 1.165) is 48.7 Å². The minimum atomic E-state index is -0.551. The molecule has 1 heterocycles. The van der Waals surface area contributed by atoms with E-state index in [1.165, 1.54) is 0 Å². The Kier molecular flexibility index (Phi) is 2.74. The molecule has 0 saturated carbocycles. The molecule has 1 aromatic heterocycles. The SMILES string of the molecule is Fc1ccc(F)c(-c2nc(Cl)c3c(n2)CCC3)c1. The van der Waals surface area contributed by atoms with Crippen LogP contribution in [-0.2, 0) is 12.8 Å². The number of benzene rings is 1. The van der Waals surface area contributed by atoms with Gasteiger partial charge in [-0.15, -0.1) is 0 Å². The fourth-order valence-corrected chi connectivity index (χ4v) is 2.46. The molecule has 0 unspecified atom stereocenters. The predicted octanol–water partition coefficient (Wildman–Crippen LogP) is 3.56. The Morgan fingerprint density at radius 3 is 2.78 bits per heavy atom. The highest BCUT2D eigenvalue weighted by Gasteiger charge is 2.20. The van der Waals surface area contributed by atoms with Gasteiger partial charge in [-0.05, 0) is 37.5 Å². The normalized spacial score (nSPS) is 13.7. The van der Waals surface area contributed by atoms with Crippen molar-refractivity contribution in [2.75, 3.05) is 0 Å². The molecular formula is C13H9ClF2N2. The minimum Gasteiger partial charge on any atom is -0.233 e. The molecule has 0 bridgehead atoms. The topological polar surface area (TPSA) is 25.8 Å². The highest BCUT2D eigenvalue weighted by atomic mass is 35.5. The average Bonchev–Trinajstić information content (AvgIpc) is 2.81. The van der Waals surface area contributed by atoms with Crippen LogP contribution in [0.1, 0.15) is 17.7 Å². The number of halogens is 3. The van der Waals surface area contributed by atoms with Crippen LogP contribution in [0.2, 0.25) is 5.15 Å². The van der Waals surface area contributed by atoms with Crippen molar-refractivity contribution in [2.24, 2.45) is 0 Å². The zero-order valence-corrected chi connectivity index (χ0v) is 10.1. The molecule has 18 heavy (non-hydrogen) atoms. The maximum absolute atomic E-state index is 13.6. The van der Waals surface area contributed by atoms with E-state index in [0.29, 0.717) is 5.15 Å². The van der Waals surface area contributed by atoms with Crippen molar-refractivity contribution in [2.45, 2.75) is 19.3 Å². The number of hydrogen-bond acceptors (Lipinski definition) is 2. The van der Waals surface area contributed by atoms with Gasteiger partial charge in [-0.3, -0.25) is 0 Å². The van der Waals surface area contributed by atoms with Crippen molar-refractivity contribution in [1.82, 2.24) is 9.97 Å². The second-order valence-electron chi connectivity index (χ2n) is 4.24. The van der Waals surface area contributed by atoms with Gasteiger partial charge in [0.15, 0.2) is 5.82 Å². The van der Waals surface area contributed by atoms with Crippen LogP contribution in [0.4, 0.5) is 8.78 Å². The van der Waals surface area contributed by atoms with Crippen LogP contribution < -0.4 is 0 Å². The molecular weight excluding hydrogens is 258 g/mol. The quantitative estimate of drug-likeness (QED) is 0.738. The first kappa shape index (κ1) is 11.5. The molecule has 2 nitrogen and oxygen atoms in total. The molecule has 1 aromatic carbocycles. The molecule has 0 amide bonds. The lowest BCUT2D eigenvalue weighted by Crippen LogP contribution is -1.99. The van der Waals surface area contributed by atoms with E-state index in [1.807, 2.05) is 0 Å². The molecule has 3 rings (SSSR count). The number of fused-ring (bicyclic) bond motifs is 1. The summed E-state index contributed by atoms with van der Waals surface area (Å²) in [7, 11) is 0. The largest absolute Gasteiger partial charge is 0.233 e. The first-order valence-electron chi connectivity index (χ1n) is 5.66. The molecule has 0 aliphatic heterocycles. The van der Waals surface area contributed by atoms with Crippen molar-refractivity contribution in [3.63, 3.8) is 0 Å². The minimum absolute atomic E-state index is 0.0478. The van der Waals surface area contributed by atoms with E-state index in [1.54, 1.807) is 0 Å². The van der Waals surface area contributed by atoms with E-state index in [2.05, 4.69) is 9.97 Å². The molecule has 0 atom stereocenters. The predicted molar refractivity (Wildman–Crippen MR) is 64.4 cm³/mol. The van der Waals surface area contributed by atoms with Crippen LogP contribution in [0, 0.1) is 11.6 Å². The van der Waals surface area contributed by atoms with Crippen LogP contribution in [-0.4, -0.2) is 9.97 Å². The van der Waals surface area contributed by atoms with Crippen molar-refractivity contribution < 1.29 is 8.78 Å². The van der Waals surface area contributed by atoms with Crippen molar-refractivity contribution >= 4 is 11.6 Å². The lowest BCUT2D eigenvalue weighted by Gasteiger charge is -2.06. The molecule has 2 aromatic rings. The number of aryl methyl sites for hydroxylation is 1. The van der Waals surface area contributed by atoms with E-state index in [4.69, 9.17) is 11.6 Å². The van der Waals surface area contributed by atoms with Crippen LogP contribution in [0.15, 0.2) is 18.2 Å². The number of rotatable bonds is 1. The molecule has 0 radical (unpaired) electrons. The van der Waals surface area contributed by atoms with Crippen molar-refractivity contribution in [1.29, 1.82) is 0 Å². The van der Waals surface area contributed by atoms with Gasteiger partial charge in [0, 0.05) is 11.3 Å². The third kappa shape index (κ3) is 1.86.